The van der Waals surface area contributed by atoms with Gasteiger partial charge in [0.15, 0.2) is 5.78 Å². The van der Waals surface area contributed by atoms with E-state index in [1.54, 1.807) is 6.92 Å². The first kappa shape index (κ1) is 18.0. The average molecular weight is 340 g/mol. The smallest absolute Gasteiger partial charge is 0.270 e. The molecule has 23 heavy (non-hydrogen) atoms. The van der Waals surface area contributed by atoms with E-state index in [1.165, 1.54) is 0 Å². The van der Waals surface area contributed by atoms with Crippen LogP contribution in [0.1, 0.15) is 58.8 Å². The van der Waals surface area contributed by atoms with Crippen molar-refractivity contribution < 1.29 is 9.59 Å². The van der Waals surface area contributed by atoms with Crippen LogP contribution in [0.25, 0.3) is 0 Å². The summed E-state index contributed by atoms with van der Waals surface area (Å²) in [6.07, 6.45) is 2.88. The van der Waals surface area contributed by atoms with Gasteiger partial charge in [0.2, 0.25) is 0 Å². The van der Waals surface area contributed by atoms with Gasteiger partial charge in [-0.15, -0.1) is 12.4 Å². The highest BCUT2D eigenvalue weighted by Gasteiger charge is 2.43. The molecule has 5 nitrogen and oxygen atoms in total. The molecule has 1 aliphatic heterocycles. The first-order valence-electron chi connectivity index (χ1n) is 8.21. The number of hydrogen-bond acceptors (Lipinski definition) is 3. The summed E-state index contributed by atoms with van der Waals surface area (Å²) >= 11 is 0. The van der Waals surface area contributed by atoms with Crippen LogP contribution in [-0.2, 0) is 6.42 Å². The molecule has 1 aromatic heterocycles. The minimum Gasteiger partial charge on any atom is -0.354 e. The maximum Gasteiger partial charge on any atom is 0.270 e. The molecular formula is C17H26ClN3O2. The number of nitrogens with one attached hydrogen (secondary N) is 1. The number of Topliss-reactive ketones (excluding diaryl/α,β-unsaturated/α-hetero) is 1. The molecule has 1 amide bonds. The van der Waals surface area contributed by atoms with Crippen LogP contribution >= 0.6 is 12.4 Å². The quantitative estimate of drug-likeness (QED) is 0.829. The lowest BCUT2D eigenvalue weighted by Gasteiger charge is -2.19. The number of ketones is 1. The third kappa shape index (κ3) is 2.92. The van der Waals surface area contributed by atoms with E-state index in [0.717, 1.165) is 37.2 Å². The number of halogens is 1. The van der Waals surface area contributed by atoms with Gasteiger partial charge in [-0.25, -0.2) is 0 Å². The van der Waals surface area contributed by atoms with Crippen molar-refractivity contribution in [3.05, 3.63) is 22.5 Å². The average Bonchev–Trinajstić information content (AvgIpc) is 3.12. The van der Waals surface area contributed by atoms with Crippen molar-refractivity contribution in [3.8, 4) is 0 Å². The Morgan fingerprint density at radius 2 is 2.00 bits per heavy atom. The van der Waals surface area contributed by atoms with Crippen molar-refractivity contribution in [2.75, 3.05) is 13.1 Å². The molecule has 2 aliphatic rings. The van der Waals surface area contributed by atoms with E-state index in [-0.39, 0.29) is 30.1 Å². The van der Waals surface area contributed by atoms with Gasteiger partial charge in [-0.1, -0.05) is 6.92 Å². The summed E-state index contributed by atoms with van der Waals surface area (Å²) in [7, 11) is 0. The second-order valence-corrected chi connectivity index (χ2v) is 6.76. The van der Waals surface area contributed by atoms with E-state index < -0.39 is 0 Å². The van der Waals surface area contributed by atoms with Gasteiger partial charge < -0.3 is 15.6 Å². The number of likely N-dealkylation sites (tertiary alicyclic amines) is 1. The Morgan fingerprint density at radius 1 is 1.30 bits per heavy atom. The predicted octanol–water partition coefficient (Wildman–Crippen LogP) is 2.32. The van der Waals surface area contributed by atoms with Gasteiger partial charge in [0.1, 0.15) is 5.69 Å². The van der Waals surface area contributed by atoms with Gasteiger partial charge in [-0.3, -0.25) is 9.59 Å². The van der Waals surface area contributed by atoms with Crippen molar-refractivity contribution in [1.29, 1.82) is 0 Å². The maximum absolute atomic E-state index is 12.9. The largest absolute Gasteiger partial charge is 0.354 e. The zero-order valence-corrected chi connectivity index (χ0v) is 14.8. The summed E-state index contributed by atoms with van der Waals surface area (Å²) in [5, 5.41) is 0. The third-order valence-electron chi connectivity index (χ3n) is 5.41. The number of hydrogen-bond donors (Lipinski definition) is 2. The Bertz CT molecular complexity index is 626. The molecule has 3 rings (SSSR count). The standard InChI is InChI=1S/C17H25N3O2.ClH/c1-4-12-15(10(3)21)9(2)19-16(12)17(22)20-7-11-5-6-14(18)13(11)8-20;/h11,13-14,19H,4-8,18H2,1-3H3;1H. The molecule has 1 saturated heterocycles. The Hall–Kier alpha value is -1.33. The Balaban J connectivity index is 0.00000192. The predicted molar refractivity (Wildman–Crippen MR) is 92.3 cm³/mol. The maximum atomic E-state index is 12.9. The van der Waals surface area contributed by atoms with E-state index in [1.807, 2.05) is 18.7 Å². The number of carbonyl (C=O) groups is 2. The normalized spacial score (nSPS) is 26.1. The monoisotopic (exact) mass is 339 g/mol. The van der Waals surface area contributed by atoms with Gasteiger partial charge in [-0.2, -0.15) is 0 Å². The molecule has 0 bridgehead atoms. The van der Waals surface area contributed by atoms with Gasteiger partial charge in [0, 0.05) is 30.4 Å². The molecule has 2 heterocycles. The number of nitrogens with two attached hydrogens (primary N) is 1. The van der Waals surface area contributed by atoms with Crippen molar-refractivity contribution in [2.24, 2.45) is 17.6 Å². The second-order valence-electron chi connectivity index (χ2n) is 6.76. The lowest BCUT2D eigenvalue weighted by atomic mass is 9.98. The molecule has 128 valence electrons. The molecule has 1 aromatic rings. The van der Waals surface area contributed by atoms with Crippen LogP contribution in [0.4, 0.5) is 0 Å². The summed E-state index contributed by atoms with van der Waals surface area (Å²) in [4.78, 5) is 29.8. The van der Waals surface area contributed by atoms with Crippen molar-refractivity contribution in [2.45, 2.75) is 46.1 Å². The van der Waals surface area contributed by atoms with E-state index in [9.17, 15) is 9.59 Å². The molecule has 6 heteroatoms. The van der Waals surface area contributed by atoms with Crippen LogP contribution in [0.3, 0.4) is 0 Å². The summed E-state index contributed by atoms with van der Waals surface area (Å²) < 4.78 is 0. The highest BCUT2D eigenvalue weighted by atomic mass is 35.5. The lowest BCUT2D eigenvalue weighted by Crippen LogP contribution is -2.34. The highest BCUT2D eigenvalue weighted by Crippen LogP contribution is 2.38. The molecule has 0 radical (unpaired) electrons. The third-order valence-corrected chi connectivity index (χ3v) is 5.41. The van der Waals surface area contributed by atoms with E-state index in [2.05, 4.69) is 4.98 Å². The SMILES string of the molecule is CCc1c(C(=O)N2CC3CCC(N)C3C2)[nH]c(C)c1C(C)=O.Cl. The minimum absolute atomic E-state index is 0. The number of rotatable bonds is 3. The molecule has 0 aromatic carbocycles. The molecule has 1 saturated carbocycles. The van der Waals surface area contributed by atoms with E-state index in [0.29, 0.717) is 29.5 Å². The summed E-state index contributed by atoms with van der Waals surface area (Å²) in [5.74, 6) is 1.03. The number of nitrogens with zero attached hydrogens (tertiary/aromatic N) is 1. The molecule has 3 unspecified atom stereocenters. The van der Waals surface area contributed by atoms with Crippen molar-refractivity contribution >= 4 is 24.1 Å². The van der Waals surface area contributed by atoms with Crippen LogP contribution in [0, 0.1) is 18.8 Å². The molecular weight excluding hydrogens is 314 g/mol. The number of aromatic nitrogens is 1. The fraction of sp³-hybridized carbons (Fsp3) is 0.647. The van der Waals surface area contributed by atoms with Crippen LogP contribution in [0.5, 0.6) is 0 Å². The molecule has 3 atom stereocenters. The number of aromatic amines is 1. The second kappa shape index (κ2) is 6.65. The number of fused-ring (bicyclic) bond motifs is 1. The Labute approximate surface area is 143 Å². The summed E-state index contributed by atoms with van der Waals surface area (Å²) in [5.41, 5.74) is 9.09. The van der Waals surface area contributed by atoms with Gasteiger partial charge in [0.25, 0.3) is 5.91 Å². The number of H-pyrrole nitrogens is 1. The summed E-state index contributed by atoms with van der Waals surface area (Å²) in [6, 6.07) is 0.228. The first-order chi connectivity index (χ1) is 10.4. The number of aryl methyl sites for hydroxylation is 1. The molecule has 0 spiro atoms. The molecule has 1 aliphatic carbocycles. The topological polar surface area (TPSA) is 79.2 Å². The van der Waals surface area contributed by atoms with Crippen molar-refractivity contribution in [3.63, 3.8) is 0 Å². The fourth-order valence-corrected chi connectivity index (χ4v) is 4.32. The zero-order valence-electron chi connectivity index (χ0n) is 14.0. The number of amides is 1. The van der Waals surface area contributed by atoms with Crippen LogP contribution < -0.4 is 5.73 Å². The van der Waals surface area contributed by atoms with Crippen LogP contribution in [-0.4, -0.2) is 40.7 Å². The Kier molecular flexibility index (Phi) is 5.21. The minimum atomic E-state index is 0. The van der Waals surface area contributed by atoms with Gasteiger partial charge in [0.05, 0.1) is 0 Å². The number of carbonyl (C=O) groups excluding carboxylic acids is 2. The van der Waals surface area contributed by atoms with Gasteiger partial charge >= 0.3 is 0 Å². The van der Waals surface area contributed by atoms with Gasteiger partial charge in [-0.05, 0) is 50.5 Å². The Morgan fingerprint density at radius 3 is 2.57 bits per heavy atom. The lowest BCUT2D eigenvalue weighted by molar-refractivity contribution is 0.0773. The van der Waals surface area contributed by atoms with Crippen LogP contribution in [0.15, 0.2) is 0 Å². The molecule has 2 fully saturated rings. The van der Waals surface area contributed by atoms with Crippen molar-refractivity contribution in [1.82, 2.24) is 9.88 Å². The van der Waals surface area contributed by atoms with E-state index in [4.69, 9.17) is 5.73 Å². The highest BCUT2D eigenvalue weighted by molar-refractivity contribution is 6.02. The van der Waals surface area contributed by atoms with Crippen LogP contribution in [0.2, 0.25) is 0 Å². The first-order valence-corrected chi connectivity index (χ1v) is 8.21. The van der Waals surface area contributed by atoms with E-state index >= 15 is 0 Å². The fourth-order valence-electron chi connectivity index (χ4n) is 4.32. The molecule has 3 N–H and O–H groups in total. The summed E-state index contributed by atoms with van der Waals surface area (Å²) in [6.45, 7) is 6.96. The zero-order chi connectivity index (χ0) is 16.0.